The fourth-order valence-corrected chi connectivity index (χ4v) is 2.82. The molecular formula is C18H19NO2. The Morgan fingerprint density at radius 3 is 2.67 bits per heavy atom. The van der Waals surface area contributed by atoms with Gasteiger partial charge in [0, 0.05) is 11.1 Å². The third-order valence-electron chi connectivity index (χ3n) is 4.06. The molecule has 0 N–H and O–H groups in total. The molecule has 108 valence electrons. The quantitative estimate of drug-likeness (QED) is 0.799. The molecule has 0 aromatic heterocycles. The van der Waals surface area contributed by atoms with Gasteiger partial charge in [-0.2, -0.15) is 0 Å². The molecule has 0 spiro atoms. The first-order valence-corrected chi connectivity index (χ1v) is 7.27. The summed E-state index contributed by atoms with van der Waals surface area (Å²) in [6.45, 7) is 5.16. The van der Waals surface area contributed by atoms with Gasteiger partial charge in [-0.25, -0.2) is 0 Å². The smallest absolute Gasteiger partial charge is 0.254 e. The van der Waals surface area contributed by atoms with E-state index in [4.69, 9.17) is 4.74 Å². The van der Waals surface area contributed by atoms with Crippen molar-refractivity contribution in [2.24, 2.45) is 0 Å². The highest BCUT2D eigenvalue weighted by atomic mass is 16.5. The Kier molecular flexibility index (Phi) is 3.65. The summed E-state index contributed by atoms with van der Waals surface area (Å²) in [5, 5.41) is 0. The van der Waals surface area contributed by atoms with Gasteiger partial charge < -0.3 is 9.64 Å². The monoisotopic (exact) mass is 281 g/mol. The van der Waals surface area contributed by atoms with Crippen LogP contribution in [0.1, 0.15) is 34.5 Å². The minimum Gasteiger partial charge on any atom is -0.491 e. The third kappa shape index (κ3) is 2.51. The van der Waals surface area contributed by atoms with Crippen LogP contribution in [0.5, 0.6) is 5.75 Å². The summed E-state index contributed by atoms with van der Waals surface area (Å²) in [6, 6.07) is 15.7. The second-order valence-electron chi connectivity index (χ2n) is 5.38. The number of ether oxygens (including phenoxy) is 1. The van der Waals surface area contributed by atoms with Crippen molar-refractivity contribution in [2.45, 2.75) is 19.9 Å². The first-order valence-electron chi connectivity index (χ1n) is 7.27. The van der Waals surface area contributed by atoms with Crippen molar-refractivity contribution in [3.63, 3.8) is 0 Å². The van der Waals surface area contributed by atoms with Crippen molar-refractivity contribution in [3.8, 4) is 5.75 Å². The minimum absolute atomic E-state index is 0.0100. The van der Waals surface area contributed by atoms with Gasteiger partial charge in [-0.15, -0.1) is 0 Å². The summed E-state index contributed by atoms with van der Waals surface area (Å²) in [5.74, 6) is 0.950. The molecule has 2 aromatic rings. The molecule has 3 nitrogen and oxygen atoms in total. The second-order valence-corrected chi connectivity index (χ2v) is 5.38. The molecule has 3 rings (SSSR count). The number of para-hydroxylation sites is 1. The number of nitrogens with zero attached hydrogens (tertiary/aromatic N) is 1. The average Bonchev–Trinajstić information content (AvgIpc) is 2.67. The zero-order valence-corrected chi connectivity index (χ0v) is 12.4. The van der Waals surface area contributed by atoms with Crippen LogP contribution in [0.15, 0.2) is 48.5 Å². The van der Waals surface area contributed by atoms with Crippen molar-refractivity contribution in [2.75, 3.05) is 13.2 Å². The summed E-state index contributed by atoms with van der Waals surface area (Å²) in [4.78, 5) is 14.8. The Morgan fingerprint density at radius 2 is 1.86 bits per heavy atom. The Bertz CT molecular complexity index is 666. The van der Waals surface area contributed by atoms with E-state index in [0.717, 1.165) is 22.4 Å². The summed E-state index contributed by atoms with van der Waals surface area (Å²) in [6.07, 6.45) is 0. The molecule has 1 unspecified atom stereocenters. The summed E-state index contributed by atoms with van der Waals surface area (Å²) in [7, 11) is 0. The summed E-state index contributed by atoms with van der Waals surface area (Å²) >= 11 is 0. The highest BCUT2D eigenvalue weighted by Crippen LogP contribution is 2.32. The Balaban J connectivity index is 1.96. The SMILES string of the molecule is Cc1ccccc1C(=O)N1CCOc2ccccc2C1C. The molecule has 2 aromatic carbocycles. The summed E-state index contributed by atoms with van der Waals surface area (Å²) < 4.78 is 5.77. The molecule has 0 radical (unpaired) electrons. The number of hydrogen-bond donors (Lipinski definition) is 0. The Hall–Kier alpha value is -2.29. The van der Waals surface area contributed by atoms with Crippen molar-refractivity contribution in [1.82, 2.24) is 4.90 Å². The molecule has 0 saturated heterocycles. The van der Waals surface area contributed by atoms with Crippen LogP contribution in [0.2, 0.25) is 0 Å². The molecule has 0 fully saturated rings. The van der Waals surface area contributed by atoms with Crippen LogP contribution in [0, 0.1) is 6.92 Å². The van der Waals surface area contributed by atoms with Gasteiger partial charge in [-0.1, -0.05) is 36.4 Å². The molecule has 0 saturated carbocycles. The number of fused-ring (bicyclic) bond motifs is 1. The lowest BCUT2D eigenvalue weighted by Crippen LogP contribution is -2.35. The predicted molar refractivity (Wildman–Crippen MR) is 82.6 cm³/mol. The normalized spacial score (nSPS) is 17.6. The summed E-state index contributed by atoms with van der Waals surface area (Å²) in [5.41, 5.74) is 2.84. The molecule has 1 amide bonds. The topological polar surface area (TPSA) is 29.5 Å². The van der Waals surface area contributed by atoms with E-state index in [1.165, 1.54) is 0 Å². The van der Waals surface area contributed by atoms with Crippen LogP contribution >= 0.6 is 0 Å². The maximum Gasteiger partial charge on any atom is 0.254 e. The number of carbonyl (C=O) groups is 1. The van der Waals surface area contributed by atoms with Crippen molar-refractivity contribution in [1.29, 1.82) is 0 Å². The van der Waals surface area contributed by atoms with Gasteiger partial charge in [0.1, 0.15) is 12.4 Å². The number of carbonyl (C=O) groups excluding carboxylic acids is 1. The lowest BCUT2D eigenvalue weighted by atomic mass is 10.0. The number of hydrogen-bond acceptors (Lipinski definition) is 2. The maximum absolute atomic E-state index is 12.9. The largest absolute Gasteiger partial charge is 0.491 e. The molecule has 1 atom stereocenters. The second kappa shape index (κ2) is 5.60. The Morgan fingerprint density at radius 1 is 1.14 bits per heavy atom. The van der Waals surface area contributed by atoms with Gasteiger partial charge in [-0.3, -0.25) is 4.79 Å². The van der Waals surface area contributed by atoms with E-state index < -0.39 is 0 Å². The van der Waals surface area contributed by atoms with Gasteiger partial charge in [0.25, 0.3) is 5.91 Å². The van der Waals surface area contributed by atoms with Gasteiger partial charge in [-0.05, 0) is 31.5 Å². The van der Waals surface area contributed by atoms with Gasteiger partial charge in [0.2, 0.25) is 0 Å². The maximum atomic E-state index is 12.9. The molecule has 3 heteroatoms. The first-order chi connectivity index (χ1) is 10.2. The molecule has 1 aliphatic rings. The highest BCUT2D eigenvalue weighted by Gasteiger charge is 2.27. The number of aryl methyl sites for hydroxylation is 1. The molecule has 0 aliphatic carbocycles. The van der Waals surface area contributed by atoms with Crippen molar-refractivity contribution in [3.05, 3.63) is 65.2 Å². The van der Waals surface area contributed by atoms with Crippen LogP contribution in [0.25, 0.3) is 0 Å². The number of rotatable bonds is 1. The van der Waals surface area contributed by atoms with Crippen LogP contribution in [0.4, 0.5) is 0 Å². The highest BCUT2D eigenvalue weighted by molar-refractivity contribution is 5.96. The first kappa shape index (κ1) is 13.7. The van der Waals surface area contributed by atoms with Gasteiger partial charge in [0.15, 0.2) is 0 Å². The molecule has 1 heterocycles. The zero-order valence-electron chi connectivity index (χ0n) is 12.4. The zero-order chi connectivity index (χ0) is 14.8. The number of amides is 1. The van der Waals surface area contributed by atoms with E-state index in [2.05, 4.69) is 6.92 Å². The number of benzene rings is 2. The molecular weight excluding hydrogens is 262 g/mol. The Labute approximate surface area is 125 Å². The van der Waals surface area contributed by atoms with Crippen LogP contribution < -0.4 is 4.74 Å². The lowest BCUT2D eigenvalue weighted by Gasteiger charge is -2.27. The van der Waals surface area contributed by atoms with E-state index in [1.54, 1.807) is 0 Å². The van der Waals surface area contributed by atoms with E-state index in [9.17, 15) is 4.79 Å². The average molecular weight is 281 g/mol. The van der Waals surface area contributed by atoms with Crippen molar-refractivity contribution >= 4 is 5.91 Å². The lowest BCUT2D eigenvalue weighted by molar-refractivity contribution is 0.0681. The standard InChI is InChI=1S/C18H19NO2/c1-13-7-3-4-8-15(13)18(20)19-11-12-21-17-10-6-5-9-16(17)14(19)2/h3-10,14H,11-12H2,1-2H3. The van der Waals surface area contributed by atoms with E-state index in [-0.39, 0.29) is 11.9 Å². The third-order valence-corrected chi connectivity index (χ3v) is 4.06. The van der Waals surface area contributed by atoms with Crippen LogP contribution in [-0.2, 0) is 0 Å². The predicted octanol–water partition coefficient (Wildman–Crippen LogP) is 3.59. The minimum atomic E-state index is 0.0100. The molecule has 0 bridgehead atoms. The van der Waals surface area contributed by atoms with E-state index in [0.29, 0.717) is 13.2 Å². The van der Waals surface area contributed by atoms with Gasteiger partial charge >= 0.3 is 0 Å². The fourth-order valence-electron chi connectivity index (χ4n) is 2.82. The van der Waals surface area contributed by atoms with E-state index >= 15 is 0 Å². The van der Waals surface area contributed by atoms with Crippen molar-refractivity contribution < 1.29 is 9.53 Å². The van der Waals surface area contributed by atoms with Crippen LogP contribution in [-0.4, -0.2) is 24.0 Å². The molecule has 21 heavy (non-hydrogen) atoms. The fraction of sp³-hybridized carbons (Fsp3) is 0.278. The molecule has 1 aliphatic heterocycles. The van der Waals surface area contributed by atoms with Gasteiger partial charge in [0.05, 0.1) is 12.6 Å². The van der Waals surface area contributed by atoms with Crippen LogP contribution in [0.3, 0.4) is 0 Å². The van der Waals surface area contributed by atoms with E-state index in [1.807, 2.05) is 60.4 Å².